The third-order valence-corrected chi connectivity index (χ3v) is 0. The predicted molar refractivity (Wildman–Crippen MR) is 22.7 cm³/mol. The second-order valence-corrected chi connectivity index (χ2v) is 0. The van der Waals surface area contributed by atoms with Gasteiger partial charge in [0.15, 0.2) is 0 Å². The van der Waals surface area contributed by atoms with Crippen LogP contribution < -0.4 is 0 Å². The van der Waals surface area contributed by atoms with Gasteiger partial charge in [-0.3, -0.25) is 0 Å². The van der Waals surface area contributed by atoms with Gasteiger partial charge in [0, 0.05) is 59.3 Å². The van der Waals surface area contributed by atoms with Crippen LogP contribution in [0.25, 0.3) is 0 Å². The fourth-order valence-corrected chi connectivity index (χ4v) is 0. The molecule has 0 heterocycles. The van der Waals surface area contributed by atoms with Gasteiger partial charge in [-0.15, -0.1) is 0 Å². The van der Waals surface area contributed by atoms with E-state index in [2.05, 4.69) is 0 Å². The molecule has 0 aromatic rings. The Bertz CT molecular complexity index is 11.6. The summed E-state index contributed by atoms with van der Waals surface area (Å²) in [6.45, 7) is 0. The molecule has 0 aromatic carbocycles. The van der Waals surface area contributed by atoms with Crippen molar-refractivity contribution in [1.29, 1.82) is 0 Å². The number of hydrogen-bond donors (Lipinski definition) is 0. The molecule has 0 nitrogen and oxygen atoms in total. The Morgan fingerprint density at radius 3 is 1.00 bits per heavy atom. The zero-order valence-electron chi connectivity index (χ0n) is 1.13. The van der Waals surface area contributed by atoms with Crippen molar-refractivity contribution in [3.8, 4) is 0 Å². The van der Waals surface area contributed by atoms with Crippen molar-refractivity contribution in [2.24, 2.45) is 0 Å². The molecule has 0 aliphatic rings. The Kier molecular flexibility index (Phi) is 290. The molecule has 0 spiro atoms. The summed E-state index contributed by atoms with van der Waals surface area (Å²) in [5.74, 6) is 0. The van der Waals surface area contributed by atoms with Crippen molar-refractivity contribution in [3.05, 3.63) is 0 Å². The maximum absolute atomic E-state index is 0. The number of hydrogen-bond acceptors (Lipinski definition) is 0. The minimum Gasteiger partial charge on any atom is -0.0149 e. The van der Waals surface area contributed by atoms with Crippen LogP contribution in [0.15, 0.2) is 0 Å². The Labute approximate surface area is 86.7 Å². The molecule has 0 atom stereocenters. The Balaban J connectivity index is 0. The SMILES string of the molecule is [GeH4].[Ni].[Pt].[SiH4].[Ti]. The van der Waals surface area contributed by atoms with E-state index in [0.29, 0.717) is 0 Å². The third-order valence-electron chi connectivity index (χ3n) is 0. The molecule has 0 aliphatic heterocycles. The van der Waals surface area contributed by atoms with Crippen LogP contribution in [0.4, 0.5) is 0 Å². The molecular formula is H8GeNiPtSiTi. The standard InChI is InChI=1S/GeH4.Ni.Pt.H4Si.Ti/h1H4;;;1H4;. The van der Waals surface area contributed by atoms with Crippen molar-refractivity contribution >= 4 is 28.6 Å². The molecule has 0 aromatic heterocycles. The first kappa shape index (κ1) is 48.1. The minimum absolute atomic E-state index is 0. The summed E-state index contributed by atoms with van der Waals surface area (Å²) in [6, 6.07) is 0. The molecule has 40 valence electrons. The zero-order chi connectivity index (χ0) is 0. The average Bonchev–Trinajstić information content (AvgIpc) is 0. The second-order valence-electron chi connectivity index (χ2n) is 0. The van der Waals surface area contributed by atoms with Gasteiger partial charge >= 0.3 is 17.6 Å². The molecule has 0 N–H and O–H groups in total. The zero-order valence-corrected chi connectivity index (χ0v) is 5.95. The van der Waals surface area contributed by atoms with Crippen LogP contribution in [0, 0.1) is 0 Å². The van der Waals surface area contributed by atoms with Crippen molar-refractivity contribution in [3.63, 3.8) is 0 Å². The number of rotatable bonds is 0. The monoisotopic (exact) mass is 411 g/mol. The van der Waals surface area contributed by atoms with E-state index in [1.165, 1.54) is 0 Å². The minimum atomic E-state index is 0. The molecule has 0 aliphatic carbocycles. The van der Waals surface area contributed by atoms with E-state index >= 15 is 0 Å². The third kappa shape index (κ3) is 20.5. The van der Waals surface area contributed by atoms with Crippen molar-refractivity contribution in [2.45, 2.75) is 0 Å². The van der Waals surface area contributed by atoms with Crippen molar-refractivity contribution < 1.29 is 59.3 Å². The van der Waals surface area contributed by atoms with Gasteiger partial charge in [-0.2, -0.15) is 0 Å². The van der Waals surface area contributed by atoms with Crippen LogP contribution >= 0.6 is 0 Å². The molecule has 0 amide bonds. The van der Waals surface area contributed by atoms with Gasteiger partial charge in [-0.05, 0) is 11.0 Å². The van der Waals surface area contributed by atoms with E-state index in [1.54, 1.807) is 0 Å². The van der Waals surface area contributed by atoms with Gasteiger partial charge in [0.1, 0.15) is 0 Å². The van der Waals surface area contributed by atoms with Crippen LogP contribution in [0.5, 0.6) is 0 Å². The molecule has 0 saturated heterocycles. The van der Waals surface area contributed by atoms with E-state index in [4.69, 9.17) is 0 Å². The summed E-state index contributed by atoms with van der Waals surface area (Å²) in [5.41, 5.74) is 0. The maximum atomic E-state index is 0. The topological polar surface area (TPSA) is 0 Å². The Morgan fingerprint density at radius 2 is 1.00 bits per heavy atom. The van der Waals surface area contributed by atoms with Crippen LogP contribution in [0.3, 0.4) is 0 Å². The molecule has 0 radical (unpaired) electrons. The normalized spacial score (nSPS) is 0. The van der Waals surface area contributed by atoms with Crippen LogP contribution in [0.1, 0.15) is 0 Å². The van der Waals surface area contributed by atoms with E-state index < -0.39 is 0 Å². The first-order chi connectivity index (χ1) is 0. The molecule has 5 heteroatoms. The molecule has 0 rings (SSSR count). The first-order valence-corrected chi connectivity index (χ1v) is 0. The van der Waals surface area contributed by atoms with E-state index in [1.807, 2.05) is 0 Å². The smallest absolute Gasteiger partial charge is 0 e. The molecule has 0 bridgehead atoms. The van der Waals surface area contributed by atoms with E-state index in [-0.39, 0.29) is 87.8 Å². The average molecular weight is 410 g/mol. The van der Waals surface area contributed by atoms with Gasteiger partial charge in [0.05, 0.1) is 0 Å². The van der Waals surface area contributed by atoms with Crippen molar-refractivity contribution in [2.75, 3.05) is 0 Å². The van der Waals surface area contributed by atoms with Crippen LogP contribution in [-0.4, -0.2) is 28.6 Å². The molecule has 5 heavy (non-hydrogen) atoms. The maximum Gasteiger partial charge on any atom is 0 e. The molecule has 0 saturated carbocycles. The summed E-state index contributed by atoms with van der Waals surface area (Å²) in [5, 5.41) is 0. The van der Waals surface area contributed by atoms with Crippen LogP contribution in [-0.2, 0) is 59.3 Å². The van der Waals surface area contributed by atoms with E-state index in [9.17, 15) is 0 Å². The first-order valence-electron chi connectivity index (χ1n) is 0. The Morgan fingerprint density at radius 1 is 1.00 bits per heavy atom. The quantitative estimate of drug-likeness (QED) is 0.376. The summed E-state index contributed by atoms with van der Waals surface area (Å²) in [7, 11) is 0. The summed E-state index contributed by atoms with van der Waals surface area (Å²) in [6.07, 6.45) is 0. The van der Waals surface area contributed by atoms with Crippen molar-refractivity contribution in [1.82, 2.24) is 0 Å². The molecular weight excluding hydrogens is 402 g/mol. The van der Waals surface area contributed by atoms with Gasteiger partial charge in [0.25, 0.3) is 0 Å². The predicted octanol–water partition coefficient (Wildman–Crippen LogP) is -2.91. The van der Waals surface area contributed by atoms with Gasteiger partial charge in [-0.25, -0.2) is 0 Å². The van der Waals surface area contributed by atoms with Gasteiger partial charge in [-0.1, -0.05) is 0 Å². The molecule has 0 unspecified atom stereocenters. The second kappa shape index (κ2) is 30.2. The van der Waals surface area contributed by atoms with E-state index in [0.717, 1.165) is 0 Å². The van der Waals surface area contributed by atoms with Gasteiger partial charge < -0.3 is 0 Å². The Hall–Kier alpha value is 2.66. The summed E-state index contributed by atoms with van der Waals surface area (Å²) < 4.78 is 0. The fraction of sp³-hybridized carbons (Fsp3) is 0. The summed E-state index contributed by atoms with van der Waals surface area (Å²) in [4.78, 5) is 0. The largest absolute Gasteiger partial charge is 0.0149 e. The van der Waals surface area contributed by atoms with Gasteiger partial charge in [0.2, 0.25) is 0 Å². The fourth-order valence-electron chi connectivity index (χ4n) is 0. The van der Waals surface area contributed by atoms with Crippen LogP contribution in [0.2, 0.25) is 0 Å². The molecule has 0 fully saturated rings. The summed E-state index contributed by atoms with van der Waals surface area (Å²) >= 11 is 0.